The molecule has 0 aliphatic carbocycles. The number of aromatic nitrogens is 3. The lowest BCUT2D eigenvalue weighted by atomic mass is 9.92. The van der Waals surface area contributed by atoms with Crippen molar-refractivity contribution in [2.75, 3.05) is 22.6 Å². The Morgan fingerprint density at radius 2 is 1.71 bits per heavy atom. The van der Waals surface area contributed by atoms with E-state index < -0.39 is 11.8 Å². The number of nitrogens with one attached hydrogen (secondary N) is 2. The number of carbonyl (C=O) groups is 2. The van der Waals surface area contributed by atoms with Crippen LogP contribution in [-0.4, -0.2) is 38.7 Å². The molecule has 0 spiro atoms. The number of amides is 3. The number of hydrogen-bond acceptors (Lipinski definition) is 6. The van der Waals surface area contributed by atoms with Gasteiger partial charge in [0.2, 0.25) is 5.91 Å². The second-order valence-corrected chi connectivity index (χ2v) is 12.8. The molecule has 9 nitrogen and oxygen atoms in total. The maximum Gasteiger partial charge on any atom is 0.324 e. The predicted molar refractivity (Wildman–Crippen MR) is 182 cm³/mol. The Kier molecular flexibility index (Phi) is 9.43. The van der Waals surface area contributed by atoms with E-state index in [0.717, 1.165) is 33.3 Å². The number of ether oxygens (including phenoxy) is 1. The predicted octanol–water partition coefficient (Wildman–Crippen LogP) is 7.18. The average molecular weight is 623 g/mol. The molecular weight excluding hydrogens is 584 g/mol. The largest absolute Gasteiger partial charge is 0.488 e. The number of carbonyl (C=O) groups excluding carboxylic acids is 2. The molecule has 2 aromatic heterocycles. The van der Waals surface area contributed by atoms with Gasteiger partial charge >= 0.3 is 6.03 Å². The lowest BCUT2D eigenvalue weighted by Crippen LogP contribution is -2.24. The molecule has 0 saturated heterocycles. The highest BCUT2D eigenvalue weighted by molar-refractivity contribution is 7.98. The first-order valence-electron chi connectivity index (χ1n) is 14.7. The minimum atomic E-state index is -0.465. The molecule has 232 valence electrons. The van der Waals surface area contributed by atoms with Gasteiger partial charge in [-0.3, -0.25) is 15.1 Å². The van der Waals surface area contributed by atoms with Gasteiger partial charge in [-0.1, -0.05) is 62.7 Å². The van der Waals surface area contributed by atoms with Gasteiger partial charge < -0.3 is 15.8 Å². The molecular formula is C35H38N6O3S. The van der Waals surface area contributed by atoms with E-state index in [1.165, 1.54) is 0 Å². The summed E-state index contributed by atoms with van der Waals surface area (Å²) in [5.41, 5.74) is 10.4. The number of primary amides is 1. The molecule has 0 radical (unpaired) electrons. The summed E-state index contributed by atoms with van der Waals surface area (Å²) >= 11 is 1.55. The summed E-state index contributed by atoms with van der Waals surface area (Å²) in [6, 6.07) is 24.7. The Morgan fingerprint density at radius 3 is 2.40 bits per heavy atom. The van der Waals surface area contributed by atoms with Crippen LogP contribution in [-0.2, 0) is 16.8 Å². The van der Waals surface area contributed by atoms with Crippen LogP contribution in [0.3, 0.4) is 0 Å². The lowest BCUT2D eigenvalue weighted by Gasteiger charge is -2.15. The number of aryl methyl sites for hydroxylation is 1. The fourth-order valence-corrected chi connectivity index (χ4v) is 5.58. The molecule has 0 bridgehead atoms. The van der Waals surface area contributed by atoms with Crippen LogP contribution in [0.2, 0.25) is 0 Å². The highest BCUT2D eigenvalue weighted by Crippen LogP contribution is 2.33. The Balaban J connectivity index is 1.35. The molecule has 3 amide bonds. The van der Waals surface area contributed by atoms with Crippen LogP contribution >= 0.6 is 11.8 Å². The Hall–Kier alpha value is -4.83. The van der Waals surface area contributed by atoms with Crippen LogP contribution < -0.4 is 21.1 Å². The summed E-state index contributed by atoms with van der Waals surface area (Å²) in [5, 5.41) is 12.5. The van der Waals surface area contributed by atoms with E-state index in [0.29, 0.717) is 28.7 Å². The number of pyridine rings is 1. The molecule has 4 N–H and O–H groups in total. The van der Waals surface area contributed by atoms with Gasteiger partial charge in [0.25, 0.3) is 0 Å². The second-order valence-electron chi connectivity index (χ2n) is 11.9. The number of thioether (sulfide) groups is 1. The number of rotatable bonds is 10. The Labute approximate surface area is 267 Å². The van der Waals surface area contributed by atoms with Crippen molar-refractivity contribution in [3.63, 3.8) is 0 Å². The fraction of sp³-hybridized carbons (Fsp3) is 0.257. The molecule has 2 heterocycles. The van der Waals surface area contributed by atoms with Crippen molar-refractivity contribution in [2.24, 2.45) is 5.73 Å². The third-order valence-electron chi connectivity index (χ3n) is 7.40. The number of anilines is 2. The van der Waals surface area contributed by atoms with E-state index in [1.54, 1.807) is 22.6 Å². The summed E-state index contributed by atoms with van der Waals surface area (Å²) in [6.45, 7) is 8.57. The van der Waals surface area contributed by atoms with Crippen LogP contribution in [0.5, 0.6) is 5.75 Å². The highest BCUT2D eigenvalue weighted by atomic mass is 32.2. The third kappa shape index (κ3) is 7.46. The van der Waals surface area contributed by atoms with Crippen LogP contribution in [0.15, 0.2) is 85.1 Å². The number of benzene rings is 3. The SMILES string of the molecule is CSCC(C(N)=O)c1cc(COc2ccc(NC(=O)Nc3cc(C(C)(C)C)nn3-c3ccc(C)cc3)c3ccccc23)ccn1. The summed E-state index contributed by atoms with van der Waals surface area (Å²) in [4.78, 5) is 29.7. The number of hydrogen-bond donors (Lipinski definition) is 3. The van der Waals surface area contributed by atoms with Crippen molar-refractivity contribution < 1.29 is 14.3 Å². The van der Waals surface area contributed by atoms with Gasteiger partial charge in [0, 0.05) is 34.2 Å². The van der Waals surface area contributed by atoms with E-state index in [2.05, 4.69) is 36.4 Å². The first kappa shape index (κ1) is 31.6. The number of nitrogens with zero attached hydrogens (tertiary/aromatic N) is 3. The molecule has 0 aliphatic rings. The van der Waals surface area contributed by atoms with Gasteiger partial charge in [0.15, 0.2) is 0 Å². The van der Waals surface area contributed by atoms with Crippen molar-refractivity contribution in [1.82, 2.24) is 14.8 Å². The quantitative estimate of drug-likeness (QED) is 0.152. The highest BCUT2D eigenvalue weighted by Gasteiger charge is 2.22. The van der Waals surface area contributed by atoms with Gasteiger partial charge in [-0.05, 0) is 55.1 Å². The Bertz CT molecular complexity index is 1830. The van der Waals surface area contributed by atoms with Gasteiger partial charge in [-0.2, -0.15) is 16.9 Å². The molecule has 45 heavy (non-hydrogen) atoms. The summed E-state index contributed by atoms with van der Waals surface area (Å²) in [5.74, 6) is 0.928. The molecule has 0 saturated carbocycles. The zero-order valence-corrected chi connectivity index (χ0v) is 26.9. The molecule has 5 rings (SSSR count). The van der Waals surface area contributed by atoms with Crippen LogP contribution in [0.25, 0.3) is 16.5 Å². The minimum Gasteiger partial charge on any atom is -0.488 e. The maximum atomic E-state index is 13.4. The minimum absolute atomic E-state index is 0.204. The summed E-state index contributed by atoms with van der Waals surface area (Å²) < 4.78 is 7.99. The molecule has 5 aromatic rings. The normalized spacial score (nSPS) is 12.1. The number of nitrogens with two attached hydrogens (primary N) is 1. The van der Waals surface area contributed by atoms with Crippen molar-refractivity contribution >= 4 is 46.0 Å². The van der Waals surface area contributed by atoms with Crippen molar-refractivity contribution in [3.8, 4) is 11.4 Å². The van der Waals surface area contributed by atoms with Gasteiger partial charge in [-0.25, -0.2) is 9.48 Å². The van der Waals surface area contributed by atoms with Crippen molar-refractivity contribution in [2.45, 2.75) is 45.6 Å². The summed E-state index contributed by atoms with van der Waals surface area (Å²) in [6.07, 6.45) is 3.60. The second kappa shape index (κ2) is 13.4. The molecule has 10 heteroatoms. The molecule has 0 fully saturated rings. The maximum absolute atomic E-state index is 13.4. The fourth-order valence-electron chi connectivity index (χ4n) is 4.91. The third-order valence-corrected chi connectivity index (χ3v) is 8.07. The first-order chi connectivity index (χ1) is 21.5. The Morgan fingerprint density at radius 1 is 0.978 bits per heavy atom. The van der Waals surface area contributed by atoms with Gasteiger partial charge in [0.05, 0.1) is 28.7 Å². The molecule has 3 aromatic carbocycles. The van der Waals surface area contributed by atoms with E-state index in [-0.39, 0.29) is 18.1 Å². The number of urea groups is 1. The van der Waals surface area contributed by atoms with Gasteiger partial charge in [0.1, 0.15) is 18.2 Å². The van der Waals surface area contributed by atoms with E-state index in [1.807, 2.05) is 92.0 Å². The zero-order chi connectivity index (χ0) is 32.1. The average Bonchev–Trinajstić information content (AvgIpc) is 3.44. The van der Waals surface area contributed by atoms with Crippen molar-refractivity contribution in [3.05, 3.63) is 108 Å². The molecule has 0 aliphatic heterocycles. The zero-order valence-electron chi connectivity index (χ0n) is 26.1. The van der Waals surface area contributed by atoms with Gasteiger partial charge in [-0.15, -0.1) is 0 Å². The molecule has 1 unspecified atom stereocenters. The topological polar surface area (TPSA) is 124 Å². The van der Waals surface area contributed by atoms with E-state index in [4.69, 9.17) is 15.6 Å². The summed E-state index contributed by atoms with van der Waals surface area (Å²) in [7, 11) is 0. The van der Waals surface area contributed by atoms with Crippen LogP contribution in [0.4, 0.5) is 16.3 Å². The van der Waals surface area contributed by atoms with Crippen LogP contribution in [0.1, 0.15) is 49.2 Å². The molecule has 1 atom stereocenters. The lowest BCUT2D eigenvalue weighted by molar-refractivity contribution is -0.119. The van der Waals surface area contributed by atoms with Crippen LogP contribution in [0, 0.1) is 6.92 Å². The van der Waals surface area contributed by atoms with E-state index in [9.17, 15) is 9.59 Å². The first-order valence-corrected chi connectivity index (χ1v) is 16.1. The number of fused-ring (bicyclic) bond motifs is 1. The standard InChI is InChI=1S/C35H38N6O3S/c1-22-10-12-24(13-11-22)41-32(19-31(40-41)35(2,3)4)39-34(43)38-28-14-15-30(26-9-7-6-8-25(26)28)44-20-23-16-17-37-29(18-23)27(21-45-5)33(36)42/h6-19,27H,20-21H2,1-5H3,(H2,36,42)(H2,38,39,43). The smallest absolute Gasteiger partial charge is 0.324 e. The monoisotopic (exact) mass is 622 g/mol. The van der Waals surface area contributed by atoms with Crippen molar-refractivity contribution in [1.29, 1.82) is 0 Å². The van der Waals surface area contributed by atoms with E-state index >= 15 is 0 Å².